The number of alkyl halides is 6. The van der Waals surface area contributed by atoms with Gasteiger partial charge in [0.15, 0.2) is 6.67 Å². The summed E-state index contributed by atoms with van der Waals surface area (Å²) < 4.78 is 72.5. The van der Waals surface area contributed by atoms with Crippen molar-refractivity contribution in [1.82, 2.24) is 0 Å². The topological polar surface area (TPSA) is 9.23 Å². The fourth-order valence-corrected chi connectivity index (χ4v) is 0.689. The van der Waals surface area contributed by atoms with Gasteiger partial charge in [-0.15, -0.1) is 0 Å². The van der Waals surface area contributed by atoms with Gasteiger partial charge in [-0.2, -0.15) is 8.78 Å². The predicted octanol–water partition coefficient (Wildman–Crippen LogP) is 5.88. The van der Waals surface area contributed by atoms with Crippen LogP contribution in [0.25, 0.3) is 0 Å². The molecule has 0 N–H and O–H groups in total. The van der Waals surface area contributed by atoms with E-state index in [0.717, 1.165) is 0 Å². The molecule has 1 nitrogen and oxygen atoms in total. The molecule has 124 valence electrons. The Kier molecular flexibility index (Phi) is 28.7. The van der Waals surface area contributed by atoms with E-state index in [0.29, 0.717) is 7.18 Å². The van der Waals surface area contributed by atoms with E-state index in [4.69, 9.17) is 0 Å². The molecule has 0 atom stereocenters. The highest BCUT2D eigenvalue weighted by molar-refractivity contribution is 4.66. The molecule has 0 unspecified atom stereocenters. The van der Waals surface area contributed by atoms with Crippen molar-refractivity contribution in [1.29, 1.82) is 0 Å². The first-order chi connectivity index (χ1) is 7.80. The van der Waals surface area contributed by atoms with Crippen molar-refractivity contribution in [3.8, 4) is 0 Å². The van der Waals surface area contributed by atoms with E-state index in [1.807, 2.05) is 0 Å². The maximum absolute atomic E-state index is 13.1. The minimum atomic E-state index is -4.01. The fourth-order valence-electron chi connectivity index (χ4n) is 0.689. The van der Waals surface area contributed by atoms with Gasteiger partial charge in [0.1, 0.15) is 0 Å². The number of rotatable bonds is 5. The third kappa shape index (κ3) is 20.0. The minimum absolute atomic E-state index is 0. The van der Waals surface area contributed by atoms with Gasteiger partial charge < -0.3 is 0 Å². The molecule has 19 heavy (non-hydrogen) atoms. The number of hydrogen-bond acceptors (Lipinski definition) is 1. The van der Waals surface area contributed by atoms with Gasteiger partial charge in [-0.1, -0.05) is 28.7 Å². The van der Waals surface area contributed by atoms with Crippen LogP contribution in [-0.4, -0.2) is 32.5 Å². The third-order valence-corrected chi connectivity index (χ3v) is 1.54. The normalized spacial score (nSPS) is 9.79. The molecule has 0 bridgehead atoms. The fraction of sp³-hybridized carbons (Fsp3) is 1.00. The lowest BCUT2D eigenvalue weighted by atomic mass is 10.2. The largest absolute Gasteiger partial charge is 0.386 e. The highest BCUT2D eigenvalue weighted by atomic mass is 19.3. The van der Waals surface area contributed by atoms with Gasteiger partial charge in [0.2, 0.25) is 5.85 Å². The van der Waals surface area contributed by atoms with Crippen LogP contribution in [0.3, 0.4) is 0 Å². The number of ether oxygens (including phenoxy) is 1. The van der Waals surface area contributed by atoms with Crippen molar-refractivity contribution < 1.29 is 31.1 Å². The molecule has 0 aliphatic rings. The first kappa shape index (κ1) is 31.1. The summed E-state index contributed by atoms with van der Waals surface area (Å²) in [5, 5.41) is 0. The molecule has 0 amide bonds. The summed E-state index contributed by atoms with van der Waals surface area (Å²) in [7, 11) is 0.500. The zero-order valence-corrected chi connectivity index (χ0v) is 10.5. The lowest BCUT2D eigenvalue weighted by Crippen LogP contribution is -2.36. The zero-order valence-electron chi connectivity index (χ0n) is 10.5. The molecule has 0 fully saturated rings. The molecule has 0 rings (SSSR count). The van der Waals surface area contributed by atoms with Gasteiger partial charge >= 0.3 is 6.11 Å². The average Bonchev–Trinajstić information content (AvgIpc) is 2.32. The van der Waals surface area contributed by atoms with E-state index in [1.54, 1.807) is 0 Å². The Balaban J connectivity index is -0.0000000819. The van der Waals surface area contributed by atoms with E-state index in [-0.39, 0.29) is 34.4 Å². The van der Waals surface area contributed by atoms with Crippen LogP contribution in [-0.2, 0) is 4.74 Å². The van der Waals surface area contributed by atoms with Crippen LogP contribution in [0.5, 0.6) is 0 Å². The van der Waals surface area contributed by atoms with Crippen LogP contribution >= 0.6 is 0 Å². The van der Waals surface area contributed by atoms with E-state index in [1.165, 1.54) is 20.8 Å². The highest BCUT2D eigenvalue weighted by Crippen LogP contribution is 2.30. The van der Waals surface area contributed by atoms with E-state index < -0.39 is 18.6 Å². The maximum atomic E-state index is 13.1. The predicted molar refractivity (Wildman–Crippen MR) is 68.6 cm³/mol. The van der Waals surface area contributed by atoms with Gasteiger partial charge in [-0.3, -0.25) is 13.5 Å². The zero-order chi connectivity index (χ0) is 14.5. The van der Waals surface area contributed by atoms with Crippen molar-refractivity contribution >= 4 is 0 Å². The van der Waals surface area contributed by atoms with Gasteiger partial charge in [-0.25, -0.2) is 8.78 Å². The molecule has 0 spiro atoms. The Morgan fingerprint density at radius 3 is 1.26 bits per heavy atom. The summed E-state index contributed by atoms with van der Waals surface area (Å²) >= 11 is 0. The molecule has 0 aromatic heterocycles. The van der Waals surface area contributed by atoms with Crippen molar-refractivity contribution in [3.63, 3.8) is 0 Å². The Morgan fingerprint density at radius 2 is 1.11 bits per heavy atom. The second-order valence-electron chi connectivity index (χ2n) is 2.73. The maximum Gasteiger partial charge on any atom is 0.386 e. The number of halogens is 6. The van der Waals surface area contributed by atoms with Crippen molar-refractivity contribution in [2.24, 2.45) is 0 Å². The first-order valence-electron chi connectivity index (χ1n) is 5.07. The molecule has 0 aromatic carbocycles. The molecule has 0 aliphatic carbocycles. The molecule has 7 heteroatoms. The monoisotopic (exact) mass is 302 g/mol. The summed E-state index contributed by atoms with van der Waals surface area (Å²) in [6.45, 7) is 1.92. The van der Waals surface area contributed by atoms with Crippen LogP contribution in [0.15, 0.2) is 0 Å². The SMILES string of the molecule is C.C.CCC(F)(CC)OC(F)(F)CF.CCF.CF. The highest BCUT2D eigenvalue weighted by Gasteiger charge is 2.41. The van der Waals surface area contributed by atoms with Crippen molar-refractivity contribution in [2.45, 2.75) is 60.4 Å². The molecular formula is C12H28F6O. The standard InChI is InChI=1S/C7H12F4O.C2H5F.CH3F.2CH4/c1-3-6(9,4-2)12-7(10,11)5-8;1-2-3;1-2;;/h3-5H2,1-2H3;2H2,1H3;1H3;2*1H4. The Morgan fingerprint density at radius 1 is 0.842 bits per heavy atom. The second kappa shape index (κ2) is 17.5. The molecule has 0 saturated heterocycles. The molecule has 0 radical (unpaired) electrons. The Hall–Kier alpha value is -0.460. The minimum Gasteiger partial charge on any atom is -0.281 e. The van der Waals surface area contributed by atoms with E-state index >= 15 is 0 Å². The number of hydrogen-bond donors (Lipinski definition) is 0. The third-order valence-electron chi connectivity index (χ3n) is 1.54. The van der Waals surface area contributed by atoms with Crippen LogP contribution in [0.4, 0.5) is 26.3 Å². The van der Waals surface area contributed by atoms with Crippen LogP contribution in [0, 0.1) is 0 Å². The van der Waals surface area contributed by atoms with Gasteiger partial charge in [0.25, 0.3) is 0 Å². The average molecular weight is 302 g/mol. The summed E-state index contributed by atoms with van der Waals surface area (Å²) in [6, 6.07) is 0. The molecular weight excluding hydrogens is 274 g/mol. The summed E-state index contributed by atoms with van der Waals surface area (Å²) in [6.07, 6.45) is -4.46. The van der Waals surface area contributed by atoms with Crippen molar-refractivity contribution in [3.05, 3.63) is 0 Å². The van der Waals surface area contributed by atoms with Crippen LogP contribution in [0.2, 0.25) is 0 Å². The van der Waals surface area contributed by atoms with Crippen molar-refractivity contribution in [2.75, 3.05) is 20.5 Å². The quantitative estimate of drug-likeness (QED) is 0.576. The smallest absolute Gasteiger partial charge is 0.281 e. The van der Waals surface area contributed by atoms with E-state index in [2.05, 4.69) is 4.74 Å². The lowest BCUT2D eigenvalue weighted by molar-refractivity contribution is -0.336. The van der Waals surface area contributed by atoms with E-state index in [9.17, 15) is 26.3 Å². The molecule has 0 aliphatic heterocycles. The van der Waals surface area contributed by atoms with Crippen LogP contribution in [0.1, 0.15) is 48.5 Å². The second-order valence-corrected chi connectivity index (χ2v) is 2.73. The van der Waals surface area contributed by atoms with Gasteiger partial charge in [0, 0.05) is 12.8 Å². The summed E-state index contributed by atoms with van der Waals surface area (Å²) in [5.41, 5.74) is 0. The van der Waals surface area contributed by atoms with Gasteiger partial charge in [-0.05, 0) is 6.92 Å². The molecule has 0 saturated carbocycles. The molecule has 0 heterocycles. The summed E-state index contributed by atoms with van der Waals surface area (Å²) in [5.74, 6) is -2.42. The van der Waals surface area contributed by atoms with Gasteiger partial charge in [0.05, 0.1) is 13.9 Å². The first-order valence-corrected chi connectivity index (χ1v) is 5.07. The molecule has 0 aromatic rings. The Bertz CT molecular complexity index is 151. The van der Waals surface area contributed by atoms with Crippen LogP contribution < -0.4 is 0 Å². The summed E-state index contributed by atoms with van der Waals surface area (Å²) in [4.78, 5) is 0. The Labute approximate surface area is 113 Å². The lowest BCUT2D eigenvalue weighted by Gasteiger charge is -2.26.